The molecule has 1 aliphatic heterocycles. The van der Waals surface area contributed by atoms with Crippen LogP contribution in [-0.2, 0) is 9.59 Å². The summed E-state index contributed by atoms with van der Waals surface area (Å²) in [7, 11) is 0. The molecule has 0 radical (unpaired) electrons. The van der Waals surface area contributed by atoms with Crippen LogP contribution < -0.4 is 10.2 Å². The zero-order valence-electron chi connectivity index (χ0n) is 11.7. The molecule has 118 valence electrons. The first kappa shape index (κ1) is 16.1. The van der Waals surface area contributed by atoms with E-state index in [1.54, 1.807) is 42.5 Å². The Kier molecular flexibility index (Phi) is 4.48. The van der Waals surface area contributed by atoms with Crippen LogP contribution in [-0.4, -0.2) is 17.9 Å². The summed E-state index contributed by atoms with van der Waals surface area (Å²) in [4.78, 5) is 25.9. The Labute approximate surface area is 147 Å². The van der Waals surface area contributed by atoms with Crippen LogP contribution in [0.4, 0.5) is 11.4 Å². The van der Waals surface area contributed by atoms with Gasteiger partial charge in [0.25, 0.3) is 5.91 Å². The van der Waals surface area contributed by atoms with E-state index in [1.165, 1.54) is 0 Å². The summed E-state index contributed by atoms with van der Waals surface area (Å²) in [5, 5.41) is 4.43. The lowest BCUT2D eigenvalue weighted by Crippen LogP contribution is -2.34. The van der Waals surface area contributed by atoms with E-state index in [4.69, 9.17) is 34.8 Å². The minimum absolute atomic E-state index is 0.0560. The van der Waals surface area contributed by atoms with Crippen LogP contribution in [0.15, 0.2) is 42.5 Å². The Morgan fingerprint density at radius 2 is 1.61 bits per heavy atom. The Morgan fingerprint density at radius 1 is 0.957 bits per heavy atom. The number of imide groups is 1. The molecule has 0 spiro atoms. The summed E-state index contributed by atoms with van der Waals surface area (Å²) < 4.78 is 0. The number of benzene rings is 2. The van der Waals surface area contributed by atoms with Gasteiger partial charge in [-0.25, -0.2) is 4.90 Å². The van der Waals surface area contributed by atoms with Crippen LogP contribution in [0.3, 0.4) is 0 Å². The van der Waals surface area contributed by atoms with Gasteiger partial charge in [0.1, 0.15) is 6.04 Å². The number of carbonyl (C=O) groups excluding carboxylic acids is 2. The highest BCUT2D eigenvalue weighted by atomic mass is 35.5. The lowest BCUT2D eigenvalue weighted by atomic mass is 10.2. The number of carbonyl (C=O) groups is 2. The molecule has 4 nitrogen and oxygen atoms in total. The molecular formula is C16H11Cl3N2O2. The van der Waals surface area contributed by atoms with Crippen molar-refractivity contribution in [2.24, 2.45) is 0 Å². The quantitative estimate of drug-likeness (QED) is 0.816. The average molecular weight is 370 g/mol. The van der Waals surface area contributed by atoms with Crippen LogP contribution in [0.2, 0.25) is 15.1 Å². The van der Waals surface area contributed by atoms with E-state index in [0.717, 1.165) is 4.90 Å². The van der Waals surface area contributed by atoms with Crippen molar-refractivity contribution in [2.45, 2.75) is 12.5 Å². The first-order valence-electron chi connectivity index (χ1n) is 6.79. The Bertz CT molecular complexity index is 777. The predicted octanol–water partition coefficient (Wildman–Crippen LogP) is 4.39. The van der Waals surface area contributed by atoms with E-state index >= 15 is 0 Å². The van der Waals surface area contributed by atoms with Crippen molar-refractivity contribution in [2.75, 3.05) is 10.2 Å². The molecule has 1 heterocycles. The fraction of sp³-hybridized carbons (Fsp3) is 0.125. The van der Waals surface area contributed by atoms with Gasteiger partial charge in [0, 0.05) is 10.0 Å². The van der Waals surface area contributed by atoms with Crippen molar-refractivity contribution in [3.63, 3.8) is 0 Å². The van der Waals surface area contributed by atoms with Gasteiger partial charge >= 0.3 is 0 Å². The highest BCUT2D eigenvalue weighted by Crippen LogP contribution is 2.30. The Morgan fingerprint density at radius 3 is 2.26 bits per heavy atom. The van der Waals surface area contributed by atoms with Crippen molar-refractivity contribution >= 4 is 58.0 Å². The number of anilines is 2. The summed E-state index contributed by atoms with van der Waals surface area (Å²) in [5.41, 5.74) is 1.05. The van der Waals surface area contributed by atoms with Gasteiger partial charge in [-0.3, -0.25) is 9.59 Å². The van der Waals surface area contributed by atoms with E-state index in [0.29, 0.717) is 26.4 Å². The van der Waals surface area contributed by atoms with Crippen LogP contribution in [0.25, 0.3) is 0 Å². The van der Waals surface area contributed by atoms with Gasteiger partial charge in [0.2, 0.25) is 5.91 Å². The van der Waals surface area contributed by atoms with E-state index < -0.39 is 6.04 Å². The molecule has 0 bridgehead atoms. The molecule has 1 aliphatic rings. The van der Waals surface area contributed by atoms with E-state index in [-0.39, 0.29) is 18.2 Å². The SMILES string of the molecule is O=C1CC(Nc2ccc(Cl)cc2Cl)C(=O)N1c1ccc(Cl)cc1. The molecule has 0 aromatic heterocycles. The summed E-state index contributed by atoms with van der Waals surface area (Å²) in [6.07, 6.45) is 0.0560. The molecule has 1 saturated heterocycles. The number of halogens is 3. The van der Waals surface area contributed by atoms with Gasteiger partial charge in [0.05, 0.1) is 22.8 Å². The van der Waals surface area contributed by atoms with Crippen molar-refractivity contribution in [3.8, 4) is 0 Å². The Hall–Kier alpha value is -1.75. The van der Waals surface area contributed by atoms with Crippen molar-refractivity contribution in [1.82, 2.24) is 0 Å². The van der Waals surface area contributed by atoms with Crippen LogP contribution in [0.5, 0.6) is 0 Å². The second-order valence-electron chi connectivity index (χ2n) is 5.07. The molecule has 0 aliphatic carbocycles. The van der Waals surface area contributed by atoms with Gasteiger partial charge in [-0.15, -0.1) is 0 Å². The third kappa shape index (κ3) is 3.29. The van der Waals surface area contributed by atoms with Gasteiger partial charge < -0.3 is 5.32 Å². The third-order valence-corrected chi connectivity index (χ3v) is 4.29. The maximum Gasteiger partial charge on any atom is 0.256 e. The zero-order valence-corrected chi connectivity index (χ0v) is 14.0. The van der Waals surface area contributed by atoms with Crippen molar-refractivity contribution in [3.05, 3.63) is 57.5 Å². The maximum atomic E-state index is 12.5. The first-order valence-corrected chi connectivity index (χ1v) is 7.93. The summed E-state index contributed by atoms with van der Waals surface area (Å²) in [6, 6.07) is 10.8. The number of nitrogens with zero attached hydrogens (tertiary/aromatic N) is 1. The number of rotatable bonds is 3. The number of hydrogen-bond donors (Lipinski definition) is 1. The fourth-order valence-electron chi connectivity index (χ4n) is 2.40. The van der Waals surface area contributed by atoms with E-state index in [9.17, 15) is 9.59 Å². The van der Waals surface area contributed by atoms with Crippen LogP contribution in [0, 0.1) is 0 Å². The molecule has 1 atom stereocenters. The zero-order chi connectivity index (χ0) is 16.6. The van der Waals surface area contributed by atoms with Crippen LogP contribution in [0.1, 0.15) is 6.42 Å². The Balaban J connectivity index is 1.82. The molecule has 2 aromatic carbocycles. The summed E-state index contributed by atoms with van der Waals surface area (Å²) in [6.45, 7) is 0. The molecule has 23 heavy (non-hydrogen) atoms. The molecule has 3 rings (SSSR count). The normalized spacial score (nSPS) is 17.7. The minimum atomic E-state index is -0.670. The smallest absolute Gasteiger partial charge is 0.256 e. The van der Waals surface area contributed by atoms with Crippen molar-refractivity contribution in [1.29, 1.82) is 0 Å². The molecule has 0 saturated carbocycles. The van der Waals surface area contributed by atoms with Gasteiger partial charge in [-0.2, -0.15) is 0 Å². The standard InChI is InChI=1S/C16H11Cl3N2O2/c17-9-1-4-11(5-2-9)21-15(22)8-14(16(21)23)20-13-6-3-10(18)7-12(13)19/h1-7,14,20H,8H2. The van der Waals surface area contributed by atoms with Crippen LogP contribution >= 0.6 is 34.8 Å². The minimum Gasteiger partial charge on any atom is -0.372 e. The second-order valence-corrected chi connectivity index (χ2v) is 6.35. The lowest BCUT2D eigenvalue weighted by Gasteiger charge is -2.16. The molecule has 1 N–H and O–H groups in total. The number of hydrogen-bond acceptors (Lipinski definition) is 3. The predicted molar refractivity (Wildman–Crippen MR) is 92.4 cm³/mol. The summed E-state index contributed by atoms with van der Waals surface area (Å²) >= 11 is 17.8. The monoisotopic (exact) mass is 368 g/mol. The third-order valence-electron chi connectivity index (χ3n) is 3.49. The lowest BCUT2D eigenvalue weighted by molar-refractivity contribution is -0.121. The molecule has 1 fully saturated rings. The molecular weight excluding hydrogens is 359 g/mol. The molecule has 1 unspecified atom stereocenters. The average Bonchev–Trinajstić information content (AvgIpc) is 2.78. The first-order chi connectivity index (χ1) is 11.0. The van der Waals surface area contributed by atoms with Gasteiger partial charge in [0.15, 0.2) is 0 Å². The van der Waals surface area contributed by atoms with Gasteiger partial charge in [-0.05, 0) is 42.5 Å². The van der Waals surface area contributed by atoms with E-state index in [2.05, 4.69) is 5.32 Å². The molecule has 2 aromatic rings. The molecule has 2 amide bonds. The number of amides is 2. The second kappa shape index (κ2) is 6.40. The topological polar surface area (TPSA) is 49.4 Å². The number of nitrogens with one attached hydrogen (secondary N) is 1. The van der Waals surface area contributed by atoms with E-state index in [1.807, 2.05) is 0 Å². The highest BCUT2D eigenvalue weighted by Gasteiger charge is 2.39. The highest BCUT2D eigenvalue weighted by molar-refractivity contribution is 6.36. The van der Waals surface area contributed by atoms with Crippen molar-refractivity contribution < 1.29 is 9.59 Å². The van der Waals surface area contributed by atoms with Gasteiger partial charge in [-0.1, -0.05) is 34.8 Å². The summed E-state index contributed by atoms with van der Waals surface area (Å²) in [5.74, 6) is -0.608. The maximum absolute atomic E-state index is 12.5. The fourth-order valence-corrected chi connectivity index (χ4v) is 2.99. The molecule has 7 heteroatoms. The largest absolute Gasteiger partial charge is 0.372 e.